The summed E-state index contributed by atoms with van der Waals surface area (Å²) >= 11 is 5.90. The van der Waals surface area contributed by atoms with Gasteiger partial charge in [-0.25, -0.2) is 0 Å². The predicted molar refractivity (Wildman–Crippen MR) is 97.4 cm³/mol. The maximum atomic E-state index is 12.8. The molecule has 0 spiro atoms. The molecule has 0 saturated heterocycles. The fraction of sp³-hybridized carbons (Fsp3) is 0.105. The SMILES string of the molecule is COC(=O)CC1=NN(c2ccccc2)C(=O)/C1=C\c1ccc(Cl)cc1. The summed E-state index contributed by atoms with van der Waals surface area (Å²) in [6.45, 7) is 0. The first-order chi connectivity index (χ1) is 12.1. The van der Waals surface area contributed by atoms with Crippen molar-refractivity contribution in [3.63, 3.8) is 0 Å². The molecule has 0 saturated carbocycles. The van der Waals surface area contributed by atoms with E-state index in [0.29, 0.717) is 22.0 Å². The smallest absolute Gasteiger partial charge is 0.311 e. The van der Waals surface area contributed by atoms with Crippen molar-refractivity contribution in [2.75, 3.05) is 12.1 Å². The number of hydrazone groups is 1. The van der Waals surface area contributed by atoms with Crippen LogP contribution < -0.4 is 5.01 Å². The van der Waals surface area contributed by atoms with Gasteiger partial charge in [0.15, 0.2) is 0 Å². The quantitative estimate of drug-likeness (QED) is 0.621. The summed E-state index contributed by atoms with van der Waals surface area (Å²) in [4.78, 5) is 24.5. The molecule has 1 heterocycles. The molecule has 1 aliphatic rings. The minimum absolute atomic E-state index is 0.0784. The number of amides is 1. The van der Waals surface area contributed by atoms with Crippen LogP contribution in [0.2, 0.25) is 5.02 Å². The van der Waals surface area contributed by atoms with Gasteiger partial charge in [-0.2, -0.15) is 10.1 Å². The molecule has 0 unspecified atom stereocenters. The molecule has 5 nitrogen and oxygen atoms in total. The van der Waals surface area contributed by atoms with Crippen LogP contribution in [0.3, 0.4) is 0 Å². The van der Waals surface area contributed by atoms with Gasteiger partial charge in [0, 0.05) is 5.02 Å². The van der Waals surface area contributed by atoms with Crippen molar-refractivity contribution in [2.45, 2.75) is 6.42 Å². The highest BCUT2D eigenvalue weighted by molar-refractivity contribution is 6.35. The number of halogens is 1. The Morgan fingerprint density at radius 3 is 2.48 bits per heavy atom. The van der Waals surface area contributed by atoms with Crippen LogP contribution in [0.15, 0.2) is 65.3 Å². The van der Waals surface area contributed by atoms with Crippen LogP contribution in [0.25, 0.3) is 6.08 Å². The summed E-state index contributed by atoms with van der Waals surface area (Å²) in [6, 6.07) is 16.1. The number of nitrogens with zero attached hydrogens (tertiary/aromatic N) is 2. The summed E-state index contributed by atoms with van der Waals surface area (Å²) < 4.78 is 4.71. The second-order valence-electron chi connectivity index (χ2n) is 5.36. The average molecular weight is 355 g/mol. The van der Waals surface area contributed by atoms with Gasteiger partial charge in [-0.15, -0.1) is 0 Å². The molecule has 6 heteroatoms. The molecule has 2 aromatic rings. The van der Waals surface area contributed by atoms with Gasteiger partial charge in [-0.3, -0.25) is 9.59 Å². The van der Waals surface area contributed by atoms with Crippen molar-refractivity contribution >= 4 is 41.0 Å². The molecular formula is C19H15ClN2O3. The number of anilines is 1. The van der Waals surface area contributed by atoms with Crippen molar-refractivity contribution in [2.24, 2.45) is 5.10 Å². The van der Waals surface area contributed by atoms with E-state index in [1.165, 1.54) is 12.1 Å². The molecule has 2 aromatic carbocycles. The van der Waals surface area contributed by atoms with Crippen molar-refractivity contribution < 1.29 is 14.3 Å². The molecule has 1 amide bonds. The van der Waals surface area contributed by atoms with Gasteiger partial charge in [0.1, 0.15) is 0 Å². The number of hydrogen-bond donors (Lipinski definition) is 0. The Balaban J connectivity index is 1.99. The van der Waals surface area contributed by atoms with Crippen molar-refractivity contribution in [1.29, 1.82) is 0 Å². The molecule has 0 bridgehead atoms. The van der Waals surface area contributed by atoms with E-state index in [1.54, 1.807) is 42.5 Å². The third-order valence-electron chi connectivity index (χ3n) is 3.68. The van der Waals surface area contributed by atoms with E-state index in [-0.39, 0.29) is 12.3 Å². The second kappa shape index (κ2) is 7.32. The molecule has 0 aliphatic carbocycles. The number of rotatable bonds is 4. The Bertz CT molecular complexity index is 858. The van der Waals surface area contributed by atoms with Crippen LogP contribution in [0.1, 0.15) is 12.0 Å². The van der Waals surface area contributed by atoms with Crippen LogP contribution in [0, 0.1) is 0 Å². The van der Waals surface area contributed by atoms with Gasteiger partial charge in [-0.05, 0) is 35.9 Å². The fourth-order valence-electron chi connectivity index (χ4n) is 2.41. The van der Waals surface area contributed by atoms with Crippen LogP contribution in [0.5, 0.6) is 0 Å². The maximum absolute atomic E-state index is 12.8. The maximum Gasteiger partial charge on any atom is 0.311 e. The lowest BCUT2D eigenvalue weighted by molar-refractivity contribution is -0.139. The molecule has 0 radical (unpaired) electrons. The third kappa shape index (κ3) is 3.78. The minimum atomic E-state index is -0.455. The zero-order chi connectivity index (χ0) is 17.8. The van der Waals surface area contributed by atoms with E-state index in [0.717, 1.165) is 5.56 Å². The van der Waals surface area contributed by atoms with E-state index in [9.17, 15) is 9.59 Å². The number of carbonyl (C=O) groups excluding carboxylic acids is 2. The van der Waals surface area contributed by atoms with E-state index in [4.69, 9.17) is 16.3 Å². The molecule has 0 N–H and O–H groups in total. The van der Waals surface area contributed by atoms with Crippen LogP contribution in [-0.2, 0) is 14.3 Å². The van der Waals surface area contributed by atoms with E-state index >= 15 is 0 Å². The first-order valence-electron chi connectivity index (χ1n) is 7.60. The van der Waals surface area contributed by atoms with Crippen molar-refractivity contribution in [3.8, 4) is 0 Å². The number of ether oxygens (including phenoxy) is 1. The summed E-state index contributed by atoms with van der Waals surface area (Å²) in [7, 11) is 1.30. The summed E-state index contributed by atoms with van der Waals surface area (Å²) in [5.41, 5.74) is 2.15. The zero-order valence-corrected chi connectivity index (χ0v) is 14.2. The van der Waals surface area contributed by atoms with Gasteiger partial charge in [0.25, 0.3) is 5.91 Å². The van der Waals surface area contributed by atoms with Crippen molar-refractivity contribution in [3.05, 3.63) is 70.8 Å². The topological polar surface area (TPSA) is 59.0 Å². The van der Waals surface area contributed by atoms with Gasteiger partial charge in [-0.1, -0.05) is 41.9 Å². The van der Waals surface area contributed by atoms with Gasteiger partial charge in [0.05, 0.1) is 30.5 Å². The highest BCUT2D eigenvalue weighted by atomic mass is 35.5. The lowest BCUT2D eigenvalue weighted by atomic mass is 10.0. The average Bonchev–Trinajstić information content (AvgIpc) is 2.93. The number of benzene rings is 2. The Morgan fingerprint density at radius 1 is 1.16 bits per heavy atom. The van der Waals surface area contributed by atoms with E-state index in [1.807, 2.05) is 18.2 Å². The molecule has 3 rings (SSSR count). The number of esters is 1. The highest BCUT2D eigenvalue weighted by Gasteiger charge is 2.32. The predicted octanol–water partition coefficient (Wildman–Crippen LogP) is 3.69. The number of carbonyl (C=O) groups is 2. The van der Waals surface area contributed by atoms with Gasteiger partial charge >= 0.3 is 5.97 Å². The standard InChI is InChI=1S/C19H15ClN2O3/c1-25-18(23)12-17-16(11-13-7-9-14(20)10-8-13)19(24)22(21-17)15-5-3-2-4-6-15/h2-11H,12H2,1H3/b16-11-. The van der Waals surface area contributed by atoms with E-state index < -0.39 is 5.97 Å². The molecule has 0 fully saturated rings. The lowest BCUT2D eigenvalue weighted by Gasteiger charge is -2.10. The Morgan fingerprint density at radius 2 is 1.84 bits per heavy atom. The van der Waals surface area contributed by atoms with Crippen LogP contribution in [0.4, 0.5) is 5.69 Å². The molecule has 1 aliphatic heterocycles. The third-order valence-corrected chi connectivity index (χ3v) is 3.93. The first-order valence-corrected chi connectivity index (χ1v) is 7.97. The highest BCUT2D eigenvalue weighted by Crippen LogP contribution is 2.26. The monoisotopic (exact) mass is 354 g/mol. The molecule has 126 valence electrons. The Kier molecular flexibility index (Phi) is 4.95. The van der Waals surface area contributed by atoms with Crippen LogP contribution >= 0.6 is 11.6 Å². The van der Waals surface area contributed by atoms with Gasteiger partial charge in [0.2, 0.25) is 0 Å². The van der Waals surface area contributed by atoms with Crippen LogP contribution in [-0.4, -0.2) is 24.7 Å². The number of hydrogen-bond acceptors (Lipinski definition) is 4. The zero-order valence-electron chi connectivity index (χ0n) is 13.5. The summed E-state index contributed by atoms with van der Waals surface area (Å²) in [5.74, 6) is -0.747. The first kappa shape index (κ1) is 16.9. The fourth-order valence-corrected chi connectivity index (χ4v) is 2.54. The lowest BCUT2D eigenvalue weighted by Crippen LogP contribution is -2.21. The summed E-state index contributed by atoms with van der Waals surface area (Å²) in [6.07, 6.45) is 1.62. The van der Waals surface area contributed by atoms with Gasteiger partial charge < -0.3 is 4.74 Å². The van der Waals surface area contributed by atoms with E-state index in [2.05, 4.69) is 5.10 Å². The molecule has 0 atom stereocenters. The number of para-hydroxylation sites is 1. The van der Waals surface area contributed by atoms with Crippen molar-refractivity contribution in [1.82, 2.24) is 0 Å². The molecule has 25 heavy (non-hydrogen) atoms. The second-order valence-corrected chi connectivity index (χ2v) is 5.80. The normalized spacial score (nSPS) is 15.4. The number of methoxy groups -OCH3 is 1. The Hall–Kier alpha value is -2.92. The Labute approximate surface area is 150 Å². The largest absolute Gasteiger partial charge is 0.469 e. The molecular weight excluding hydrogens is 340 g/mol. The summed E-state index contributed by atoms with van der Waals surface area (Å²) in [5, 5.41) is 6.23. The molecule has 0 aromatic heterocycles. The minimum Gasteiger partial charge on any atom is -0.469 e.